The second kappa shape index (κ2) is 9.89. The normalized spacial score (nSPS) is 13.4. The largest absolute Gasteiger partial charge is 0.369 e. The highest BCUT2D eigenvalue weighted by atomic mass is 16.6. The number of nitro groups is 1. The Balaban J connectivity index is 1.77. The second-order valence-electron chi connectivity index (χ2n) is 6.92. The number of nitrogens with zero attached hydrogens (tertiary/aromatic N) is 6. The molecule has 1 saturated heterocycles. The van der Waals surface area contributed by atoms with E-state index in [9.17, 15) is 15.4 Å². The molecule has 0 radical (unpaired) electrons. The van der Waals surface area contributed by atoms with Crippen LogP contribution in [-0.2, 0) is 6.54 Å². The zero-order chi connectivity index (χ0) is 22.2. The van der Waals surface area contributed by atoms with Crippen LogP contribution in [0.15, 0.2) is 59.8 Å². The summed E-state index contributed by atoms with van der Waals surface area (Å²) in [5, 5.41) is 41.3. The number of rotatable bonds is 6. The van der Waals surface area contributed by atoms with Crippen molar-refractivity contribution < 1.29 is 4.92 Å². The van der Waals surface area contributed by atoms with Gasteiger partial charge in [-0.3, -0.25) is 15.0 Å². The Morgan fingerprint density at radius 2 is 1.68 bits per heavy atom. The van der Waals surface area contributed by atoms with Gasteiger partial charge in [0.05, 0.1) is 4.92 Å². The highest BCUT2D eigenvalue weighted by Crippen LogP contribution is 2.31. The lowest BCUT2D eigenvalue weighted by molar-refractivity contribution is -0.383. The fourth-order valence-electron chi connectivity index (χ4n) is 3.40. The summed E-state index contributed by atoms with van der Waals surface area (Å²) in [5.74, 6) is 0. The van der Waals surface area contributed by atoms with Crippen molar-refractivity contribution in [1.82, 2.24) is 4.90 Å². The average molecular weight is 413 g/mol. The first kappa shape index (κ1) is 21.3. The number of piperazine rings is 1. The van der Waals surface area contributed by atoms with Gasteiger partial charge in [-0.25, -0.2) is 0 Å². The van der Waals surface area contributed by atoms with E-state index in [1.54, 1.807) is 30.3 Å². The van der Waals surface area contributed by atoms with Gasteiger partial charge in [-0.15, -0.1) is 0 Å². The van der Waals surface area contributed by atoms with Gasteiger partial charge in [0.25, 0.3) is 5.69 Å². The number of allylic oxidation sites excluding steroid dienone is 2. The Labute approximate surface area is 179 Å². The first-order valence-corrected chi connectivity index (χ1v) is 9.57. The molecule has 31 heavy (non-hydrogen) atoms. The minimum Gasteiger partial charge on any atom is -0.369 e. The van der Waals surface area contributed by atoms with Gasteiger partial charge in [0.15, 0.2) is 5.57 Å². The predicted molar refractivity (Wildman–Crippen MR) is 115 cm³/mol. The van der Waals surface area contributed by atoms with E-state index in [0.29, 0.717) is 0 Å². The van der Waals surface area contributed by atoms with Crippen molar-refractivity contribution in [1.29, 1.82) is 15.8 Å². The Bertz CT molecular complexity index is 1100. The van der Waals surface area contributed by atoms with Gasteiger partial charge in [-0.1, -0.05) is 30.3 Å². The van der Waals surface area contributed by atoms with E-state index in [1.807, 2.05) is 18.2 Å². The van der Waals surface area contributed by atoms with E-state index < -0.39 is 10.5 Å². The minimum absolute atomic E-state index is 0.0637. The highest BCUT2D eigenvalue weighted by molar-refractivity contribution is 5.73. The lowest BCUT2D eigenvalue weighted by Gasteiger charge is -2.36. The average Bonchev–Trinajstić information content (AvgIpc) is 2.80. The van der Waals surface area contributed by atoms with Crippen molar-refractivity contribution in [3.63, 3.8) is 0 Å². The summed E-state index contributed by atoms with van der Waals surface area (Å²) in [6.45, 7) is 4.03. The van der Waals surface area contributed by atoms with E-state index in [0.717, 1.165) is 38.4 Å². The van der Waals surface area contributed by atoms with Gasteiger partial charge >= 0.3 is 0 Å². The number of nitriles is 3. The maximum Gasteiger partial charge on any atom is 0.292 e. The zero-order valence-electron chi connectivity index (χ0n) is 16.7. The third-order valence-corrected chi connectivity index (χ3v) is 5.01. The molecule has 2 aromatic carbocycles. The number of hydrogen-bond acceptors (Lipinski definition) is 8. The van der Waals surface area contributed by atoms with Crippen molar-refractivity contribution in [2.75, 3.05) is 36.4 Å². The molecule has 0 aliphatic carbocycles. The molecule has 1 heterocycles. The number of anilines is 2. The molecule has 0 atom stereocenters. The number of benzene rings is 2. The van der Waals surface area contributed by atoms with Gasteiger partial charge in [-0.05, 0) is 17.7 Å². The highest BCUT2D eigenvalue weighted by Gasteiger charge is 2.22. The van der Waals surface area contributed by atoms with Crippen LogP contribution in [0, 0.1) is 44.1 Å². The maximum absolute atomic E-state index is 11.4. The smallest absolute Gasteiger partial charge is 0.292 e. The molecule has 154 valence electrons. The standard InChI is InChI=1S/C22H19N7O2/c23-13-18(14-24)21(15-25)26-20-12-19(6-7-22(20)29(30)31)28-10-8-27(9-11-28)16-17-4-2-1-3-5-17/h1-7,12,26H,8-11,16H2. The monoisotopic (exact) mass is 413 g/mol. The van der Waals surface area contributed by atoms with Crippen LogP contribution in [-0.4, -0.2) is 36.0 Å². The molecule has 0 spiro atoms. The molecule has 1 fully saturated rings. The Morgan fingerprint density at radius 1 is 1.00 bits per heavy atom. The Hall–Kier alpha value is -4.39. The summed E-state index contributed by atoms with van der Waals surface area (Å²) in [6, 6.07) is 19.8. The van der Waals surface area contributed by atoms with E-state index in [-0.39, 0.29) is 17.1 Å². The van der Waals surface area contributed by atoms with Gasteiger partial charge in [0.2, 0.25) is 0 Å². The Kier molecular flexibility index (Phi) is 6.80. The first-order valence-electron chi connectivity index (χ1n) is 9.57. The van der Waals surface area contributed by atoms with Crippen LogP contribution >= 0.6 is 0 Å². The SMILES string of the molecule is N#CC(C#N)=C(C#N)Nc1cc(N2CCN(Cc3ccccc3)CC2)ccc1[N+](=O)[O-]. The quantitative estimate of drug-likeness (QED) is 0.434. The first-order chi connectivity index (χ1) is 15.0. The molecule has 0 saturated carbocycles. The van der Waals surface area contributed by atoms with Crippen LogP contribution in [0.5, 0.6) is 0 Å². The fourth-order valence-corrected chi connectivity index (χ4v) is 3.40. The van der Waals surface area contributed by atoms with Crippen molar-refractivity contribution in [3.8, 4) is 18.2 Å². The molecular formula is C22H19N7O2. The molecular weight excluding hydrogens is 394 g/mol. The van der Waals surface area contributed by atoms with E-state index in [2.05, 4.69) is 27.2 Å². The van der Waals surface area contributed by atoms with Gasteiger partial charge in [0.1, 0.15) is 29.6 Å². The van der Waals surface area contributed by atoms with Crippen LogP contribution in [0.2, 0.25) is 0 Å². The fraction of sp³-hybridized carbons (Fsp3) is 0.227. The summed E-state index contributed by atoms with van der Waals surface area (Å²) in [4.78, 5) is 15.3. The van der Waals surface area contributed by atoms with Crippen molar-refractivity contribution in [3.05, 3.63) is 75.5 Å². The third kappa shape index (κ3) is 5.16. The summed E-state index contributed by atoms with van der Waals surface area (Å²) >= 11 is 0. The second-order valence-corrected chi connectivity index (χ2v) is 6.92. The van der Waals surface area contributed by atoms with Gasteiger partial charge < -0.3 is 10.2 Å². The van der Waals surface area contributed by atoms with Crippen LogP contribution in [0.25, 0.3) is 0 Å². The van der Waals surface area contributed by atoms with Crippen molar-refractivity contribution in [2.24, 2.45) is 0 Å². The summed E-state index contributed by atoms with van der Waals surface area (Å²) in [6.07, 6.45) is 0. The van der Waals surface area contributed by atoms with E-state index in [1.165, 1.54) is 11.6 Å². The lowest BCUT2D eigenvalue weighted by atomic mass is 10.1. The lowest BCUT2D eigenvalue weighted by Crippen LogP contribution is -2.46. The maximum atomic E-state index is 11.4. The van der Waals surface area contributed by atoms with Crippen molar-refractivity contribution >= 4 is 17.1 Å². The molecule has 0 aromatic heterocycles. The molecule has 3 rings (SSSR count). The summed E-state index contributed by atoms with van der Waals surface area (Å²) in [5.41, 5.74) is 1.08. The molecule has 0 bridgehead atoms. The van der Waals surface area contributed by atoms with E-state index >= 15 is 0 Å². The predicted octanol–water partition coefficient (Wildman–Crippen LogP) is 3.15. The molecule has 2 aromatic rings. The Morgan fingerprint density at radius 3 is 2.26 bits per heavy atom. The van der Waals surface area contributed by atoms with E-state index in [4.69, 9.17) is 10.5 Å². The molecule has 9 heteroatoms. The zero-order valence-corrected chi connectivity index (χ0v) is 16.7. The minimum atomic E-state index is -0.572. The molecule has 1 N–H and O–H groups in total. The van der Waals surface area contributed by atoms with Crippen molar-refractivity contribution in [2.45, 2.75) is 6.54 Å². The summed E-state index contributed by atoms with van der Waals surface area (Å²) in [7, 11) is 0. The molecule has 1 aliphatic heterocycles. The summed E-state index contributed by atoms with van der Waals surface area (Å²) < 4.78 is 0. The molecule has 9 nitrogen and oxygen atoms in total. The molecule has 0 amide bonds. The molecule has 0 unspecified atom stereocenters. The molecule has 1 aliphatic rings. The topological polar surface area (TPSA) is 133 Å². The number of hydrogen-bond donors (Lipinski definition) is 1. The van der Waals surface area contributed by atoms with Gasteiger partial charge in [-0.2, -0.15) is 15.8 Å². The third-order valence-electron chi connectivity index (χ3n) is 5.01. The number of nitro benzene ring substituents is 1. The van der Waals surface area contributed by atoms with Crippen LogP contribution in [0.1, 0.15) is 5.56 Å². The van der Waals surface area contributed by atoms with Crippen LogP contribution in [0.3, 0.4) is 0 Å². The van der Waals surface area contributed by atoms with Crippen LogP contribution < -0.4 is 10.2 Å². The van der Waals surface area contributed by atoms with Gasteiger partial charge in [0, 0.05) is 44.5 Å². The number of nitrogens with one attached hydrogen (secondary N) is 1. The van der Waals surface area contributed by atoms with Crippen LogP contribution in [0.4, 0.5) is 17.1 Å².